The van der Waals surface area contributed by atoms with Gasteiger partial charge in [0.05, 0.1) is 0 Å². The number of unbranched alkanes of at least 4 members (excludes halogenated alkanes) is 2. The maximum Gasteiger partial charge on any atom is 0.0181 e. The van der Waals surface area contributed by atoms with E-state index in [1.807, 2.05) is 0 Å². The molecule has 0 spiro atoms. The topological polar surface area (TPSA) is 0 Å². The van der Waals surface area contributed by atoms with Crippen molar-refractivity contribution in [2.24, 2.45) is 0 Å². The maximum atomic E-state index is 3.50. The number of benzene rings is 2. The molecule has 0 amide bonds. The molecule has 0 saturated heterocycles. The first-order chi connectivity index (χ1) is 7.79. The van der Waals surface area contributed by atoms with Crippen molar-refractivity contribution in [2.75, 3.05) is 0 Å². The van der Waals surface area contributed by atoms with E-state index in [1.54, 1.807) is 0 Å². The standard InChI is InChI=1S/C15H17Br/c1-2-3-4-5-12-6-7-14-11-15(16)9-8-13(14)10-12/h6-11H,2-5H2,1H3. The molecule has 84 valence electrons. The molecule has 2 aromatic rings. The number of hydrogen-bond acceptors (Lipinski definition) is 0. The van der Waals surface area contributed by atoms with E-state index in [1.165, 1.54) is 42.0 Å². The SMILES string of the molecule is CCCCCc1ccc2cc(Br)ccc2c1. The van der Waals surface area contributed by atoms with Crippen molar-refractivity contribution < 1.29 is 0 Å². The van der Waals surface area contributed by atoms with Crippen LogP contribution in [-0.4, -0.2) is 0 Å². The molecule has 0 saturated carbocycles. The van der Waals surface area contributed by atoms with Crippen LogP contribution < -0.4 is 0 Å². The van der Waals surface area contributed by atoms with E-state index in [-0.39, 0.29) is 0 Å². The maximum absolute atomic E-state index is 3.50. The number of halogens is 1. The fourth-order valence-corrected chi connectivity index (χ4v) is 2.38. The van der Waals surface area contributed by atoms with Gasteiger partial charge in [-0.1, -0.05) is 60.0 Å². The van der Waals surface area contributed by atoms with Crippen molar-refractivity contribution in [3.63, 3.8) is 0 Å². The third-order valence-corrected chi connectivity index (χ3v) is 3.43. The van der Waals surface area contributed by atoms with Crippen LogP contribution in [0.25, 0.3) is 10.8 Å². The van der Waals surface area contributed by atoms with E-state index in [0.29, 0.717) is 0 Å². The molecule has 0 N–H and O–H groups in total. The second-order valence-electron chi connectivity index (χ2n) is 4.28. The second kappa shape index (κ2) is 5.49. The van der Waals surface area contributed by atoms with E-state index in [9.17, 15) is 0 Å². The molecular weight excluding hydrogens is 260 g/mol. The molecule has 16 heavy (non-hydrogen) atoms. The Morgan fingerprint density at radius 1 is 0.938 bits per heavy atom. The number of aryl methyl sites for hydroxylation is 1. The summed E-state index contributed by atoms with van der Waals surface area (Å²) in [5.41, 5.74) is 1.46. The minimum atomic E-state index is 1.15. The fourth-order valence-electron chi connectivity index (χ4n) is 2.00. The predicted octanol–water partition coefficient (Wildman–Crippen LogP) is 5.34. The molecule has 0 aliphatic carbocycles. The Hall–Kier alpha value is -0.820. The van der Waals surface area contributed by atoms with E-state index in [4.69, 9.17) is 0 Å². The van der Waals surface area contributed by atoms with Gasteiger partial charge in [-0.05, 0) is 41.3 Å². The Morgan fingerprint density at radius 2 is 1.69 bits per heavy atom. The highest BCUT2D eigenvalue weighted by Crippen LogP contribution is 2.21. The van der Waals surface area contributed by atoms with E-state index in [0.717, 1.165) is 4.47 Å². The highest BCUT2D eigenvalue weighted by atomic mass is 79.9. The molecular formula is C15H17Br. The molecule has 1 heteroatoms. The quantitative estimate of drug-likeness (QED) is 0.662. The first-order valence-corrected chi connectivity index (χ1v) is 6.77. The average molecular weight is 277 g/mol. The minimum Gasteiger partial charge on any atom is -0.0654 e. The number of fused-ring (bicyclic) bond motifs is 1. The molecule has 2 rings (SSSR count). The van der Waals surface area contributed by atoms with Gasteiger partial charge < -0.3 is 0 Å². The van der Waals surface area contributed by atoms with Gasteiger partial charge in [0.2, 0.25) is 0 Å². The Balaban J connectivity index is 2.20. The van der Waals surface area contributed by atoms with Crippen LogP contribution >= 0.6 is 15.9 Å². The van der Waals surface area contributed by atoms with Crippen LogP contribution in [0.5, 0.6) is 0 Å². The molecule has 0 bridgehead atoms. The van der Waals surface area contributed by atoms with Gasteiger partial charge >= 0.3 is 0 Å². The first-order valence-electron chi connectivity index (χ1n) is 5.98. The summed E-state index contributed by atoms with van der Waals surface area (Å²) in [6.45, 7) is 2.25. The normalized spacial score (nSPS) is 10.9. The van der Waals surface area contributed by atoms with Crippen LogP contribution in [0.3, 0.4) is 0 Å². The van der Waals surface area contributed by atoms with Crippen LogP contribution in [-0.2, 0) is 6.42 Å². The lowest BCUT2D eigenvalue weighted by Crippen LogP contribution is -1.85. The summed E-state index contributed by atoms with van der Waals surface area (Å²) in [5.74, 6) is 0. The third kappa shape index (κ3) is 2.85. The lowest BCUT2D eigenvalue weighted by atomic mass is 10.0. The summed E-state index contributed by atoms with van der Waals surface area (Å²) >= 11 is 3.50. The van der Waals surface area contributed by atoms with Crippen LogP contribution in [0.4, 0.5) is 0 Å². The van der Waals surface area contributed by atoms with Crippen LogP contribution in [0.1, 0.15) is 31.7 Å². The summed E-state index contributed by atoms with van der Waals surface area (Å²) in [5, 5.41) is 2.66. The van der Waals surface area contributed by atoms with Gasteiger partial charge in [-0.2, -0.15) is 0 Å². The Morgan fingerprint density at radius 3 is 2.50 bits per heavy atom. The Bertz CT molecular complexity index is 474. The average Bonchev–Trinajstić information content (AvgIpc) is 2.29. The van der Waals surface area contributed by atoms with Crippen LogP contribution in [0.2, 0.25) is 0 Å². The molecule has 0 nitrogen and oxygen atoms in total. The smallest absolute Gasteiger partial charge is 0.0181 e. The summed E-state index contributed by atoms with van der Waals surface area (Å²) < 4.78 is 1.15. The van der Waals surface area contributed by atoms with Crippen molar-refractivity contribution >= 4 is 26.7 Å². The van der Waals surface area contributed by atoms with Gasteiger partial charge in [0.25, 0.3) is 0 Å². The molecule has 0 aliphatic heterocycles. The molecule has 0 heterocycles. The molecule has 0 unspecified atom stereocenters. The highest BCUT2D eigenvalue weighted by molar-refractivity contribution is 9.10. The Labute approximate surface area is 106 Å². The largest absolute Gasteiger partial charge is 0.0654 e. The monoisotopic (exact) mass is 276 g/mol. The summed E-state index contributed by atoms with van der Waals surface area (Å²) in [6.07, 6.45) is 5.14. The fraction of sp³-hybridized carbons (Fsp3) is 0.333. The van der Waals surface area contributed by atoms with Crippen molar-refractivity contribution in [3.05, 3.63) is 46.4 Å². The first kappa shape index (κ1) is 11.7. The number of hydrogen-bond donors (Lipinski definition) is 0. The third-order valence-electron chi connectivity index (χ3n) is 2.94. The van der Waals surface area contributed by atoms with Gasteiger partial charge in [0.15, 0.2) is 0 Å². The summed E-state index contributed by atoms with van der Waals surface area (Å²) in [7, 11) is 0. The second-order valence-corrected chi connectivity index (χ2v) is 5.20. The van der Waals surface area contributed by atoms with Crippen molar-refractivity contribution in [2.45, 2.75) is 32.6 Å². The highest BCUT2D eigenvalue weighted by Gasteiger charge is 1.97. The van der Waals surface area contributed by atoms with Crippen LogP contribution in [0.15, 0.2) is 40.9 Å². The van der Waals surface area contributed by atoms with E-state index >= 15 is 0 Å². The van der Waals surface area contributed by atoms with Crippen molar-refractivity contribution in [1.82, 2.24) is 0 Å². The van der Waals surface area contributed by atoms with Crippen molar-refractivity contribution in [1.29, 1.82) is 0 Å². The van der Waals surface area contributed by atoms with Gasteiger partial charge in [0, 0.05) is 4.47 Å². The summed E-state index contributed by atoms with van der Waals surface area (Å²) in [6, 6.07) is 13.3. The molecule has 0 fully saturated rings. The van der Waals surface area contributed by atoms with Gasteiger partial charge in [-0.3, -0.25) is 0 Å². The zero-order valence-corrected chi connectivity index (χ0v) is 11.3. The van der Waals surface area contributed by atoms with Crippen molar-refractivity contribution in [3.8, 4) is 0 Å². The number of rotatable bonds is 4. The van der Waals surface area contributed by atoms with E-state index < -0.39 is 0 Å². The zero-order valence-electron chi connectivity index (χ0n) is 9.67. The molecule has 2 aromatic carbocycles. The lowest BCUT2D eigenvalue weighted by molar-refractivity contribution is 0.718. The molecule has 0 atom stereocenters. The van der Waals surface area contributed by atoms with Gasteiger partial charge in [0.1, 0.15) is 0 Å². The summed E-state index contributed by atoms with van der Waals surface area (Å²) in [4.78, 5) is 0. The molecule has 0 radical (unpaired) electrons. The van der Waals surface area contributed by atoms with E-state index in [2.05, 4.69) is 59.3 Å². The Kier molecular flexibility index (Phi) is 4.00. The van der Waals surface area contributed by atoms with Gasteiger partial charge in [-0.15, -0.1) is 0 Å². The molecule has 0 aromatic heterocycles. The predicted molar refractivity (Wildman–Crippen MR) is 74.9 cm³/mol. The van der Waals surface area contributed by atoms with Gasteiger partial charge in [-0.25, -0.2) is 0 Å². The lowest BCUT2D eigenvalue weighted by Gasteiger charge is -2.04. The van der Waals surface area contributed by atoms with Crippen LogP contribution in [0, 0.1) is 0 Å². The molecule has 0 aliphatic rings. The zero-order chi connectivity index (χ0) is 11.4. The minimum absolute atomic E-state index is 1.15.